The van der Waals surface area contributed by atoms with E-state index in [-0.39, 0.29) is 12.5 Å². The van der Waals surface area contributed by atoms with Crippen LogP contribution in [0.5, 0.6) is 5.75 Å². The number of amides is 1. The number of likely N-dealkylation sites (N-methyl/N-ethyl adjacent to an activating group) is 1. The molecule has 1 amide bonds. The highest BCUT2D eigenvalue weighted by atomic mass is 16.5. The summed E-state index contributed by atoms with van der Waals surface area (Å²) >= 11 is 0. The molecule has 2 rings (SSSR count). The maximum atomic E-state index is 11.8. The van der Waals surface area contributed by atoms with Crippen molar-refractivity contribution >= 4 is 11.6 Å². The number of para-hydroxylation sites is 2. The Morgan fingerprint density at radius 3 is 2.76 bits per heavy atom. The Balaban J connectivity index is 1.85. The van der Waals surface area contributed by atoms with Crippen molar-refractivity contribution in [2.75, 3.05) is 19.4 Å². The fourth-order valence-corrected chi connectivity index (χ4v) is 1.83. The van der Waals surface area contributed by atoms with Gasteiger partial charge < -0.3 is 15.4 Å². The first kappa shape index (κ1) is 11.8. The molecule has 1 aromatic rings. The van der Waals surface area contributed by atoms with Crippen LogP contribution in [0, 0.1) is 0 Å². The second-order valence-corrected chi connectivity index (χ2v) is 4.42. The molecule has 17 heavy (non-hydrogen) atoms. The monoisotopic (exact) mass is 234 g/mol. The number of hydrogen-bond acceptors (Lipinski definition) is 3. The molecule has 0 aromatic heterocycles. The Kier molecular flexibility index (Phi) is 3.52. The first-order chi connectivity index (χ1) is 8.18. The standard InChI is InChI=1S/C13H18N2O2/c1-15(10-5-4-6-10)13(16)9-17-12-8-3-2-7-11(12)14/h2-3,7-8,10H,4-6,9,14H2,1H3. The largest absolute Gasteiger partial charge is 0.482 e. The Labute approximate surface area is 101 Å². The zero-order chi connectivity index (χ0) is 12.3. The van der Waals surface area contributed by atoms with Gasteiger partial charge in [0.2, 0.25) is 0 Å². The fraction of sp³-hybridized carbons (Fsp3) is 0.462. The van der Waals surface area contributed by atoms with Crippen LogP contribution >= 0.6 is 0 Å². The Bertz CT molecular complexity index is 402. The van der Waals surface area contributed by atoms with E-state index in [1.165, 1.54) is 6.42 Å². The smallest absolute Gasteiger partial charge is 0.260 e. The molecule has 92 valence electrons. The van der Waals surface area contributed by atoms with Gasteiger partial charge in [0.05, 0.1) is 5.69 Å². The summed E-state index contributed by atoms with van der Waals surface area (Å²) in [5, 5.41) is 0. The Morgan fingerprint density at radius 2 is 2.18 bits per heavy atom. The van der Waals surface area contributed by atoms with Crippen LogP contribution in [0.3, 0.4) is 0 Å². The van der Waals surface area contributed by atoms with Crippen LogP contribution in [0.15, 0.2) is 24.3 Å². The molecule has 0 aliphatic heterocycles. The molecule has 0 spiro atoms. The average Bonchev–Trinajstić information content (AvgIpc) is 2.25. The maximum Gasteiger partial charge on any atom is 0.260 e. The number of carbonyl (C=O) groups is 1. The van der Waals surface area contributed by atoms with Crippen LogP contribution in [-0.4, -0.2) is 30.5 Å². The molecule has 1 aliphatic rings. The quantitative estimate of drug-likeness (QED) is 0.806. The van der Waals surface area contributed by atoms with Crippen LogP contribution in [0.1, 0.15) is 19.3 Å². The van der Waals surface area contributed by atoms with E-state index in [1.807, 2.05) is 19.2 Å². The fourth-order valence-electron chi connectivity index (χ4n) is 1.83. The summed E-state index contributed by atoms with van der Waals surface area (Å²) in [5.74, 6) is 0.584. The highest BCUT2D eigenvalue weighted by Gasteiger charge is 2.25. The van der Waals surface area contributed by atoms with Gasteiger partial charge in [0.25, 0.3) is 5.91 Å². The van der Waals surface area contributed by atoms with Crippen molar-refractivity contribution in [3.63, 3.8) is 0 Å². The van der Waals surface area contributed by atoms with Crippen molar-refractivity contribution in [3.8, 4) is 5.75 Å². The van der Waals surface area contributed by atoms with Gasteiger partial charge in [0.1, 0.15) is 5.75 Å². The topological polar surface area (TPSA) is 55.6 Å². The summed E-state index contributed by atoms with van der Waals surface area (Å²) < 4.78 is 5.42. The summed E-state index contributed by atoms with van der Waals surface area (Å²) in [7, 11) is 1.84. The van der Waals surface area contributed by atoms with Gasteiger partial charge in [-0.15, -0.1) is 0 Å². The predicted molar refractivity (Wildman–Crippen MR) is 66.8 cm³/mol. The zero-order valence-electron chi connectivity index (χ0n) is 10.1. The summed E-state index contributed by atoms with van der Waals surface area (Å²) in [6, 6.07) is 7.61. The second-order valence-electron chi connectivity index (χ2n) is 4.42. The van der Waals surface area contributed by atoms with Crippen molar-refractivity contribution < 1.29 is 9.53 Å². The molecule has 0 saturated heterocycles. The number of carbonyl (C=O) groups excluding carboxylic acids is 1. The third-order valence-corrected chi connectivity index (χ3v) is 3.29. The second kappa shape index (κ2) is 5.08. The summed E-state index contributed by atoms with van der Waals surface area (Å²) in [6.45, 7) is 0.0568. The normalized spacial score (nSPS) is 15.1. The van der Waals surface area contributed by atoms with E-state index < -0.39 is 0 Å². The third-order valence-electron chi connectivity index (χ3n) is 3.29. The highest BCUT2D eigenvalue weighted by molar-refractivity contribution is 5.78. The predicted octanol–water partition coefficient (Wildman–Crippen LogP) is 1.66. The maximum absolute atomic E-state index is 11.8. The van der Waals surface area contributed by atoms with E-state index in [9.17, 15) is 4.79 Å². The number of hydrogen-bond donors (Lipinski definition) is 1. The van der Waals surface area contributed by atoms with Crippen LogP contribution < -0.4 is 10.5 Å². The van der Waals surface area contributed by atoms with E-state index >= 15 is 0 Å². The number of nitrogens with two attached hydrogens (primary N) is 1. The average molecular weight is 234 g/mol. The first-order valence-corrected chi connectivity index (χ1v) is 5.91. The van der Waals surface area contributed by atoms with Crippen molar-refractivity contribution in [1.29, 1.82) is 0 Å². The lowest BCUT2D eigenvalue weighted by Crippen LogP contribution is -2.43. The Hall–Kier alpha value is -1.71. The van der Waals surface area contributed by atoms with Gasteiger partial charge in [0, 0.05) is 13.1 Å². The van der Waals surface area contributed by atoms with Gasteiger partial charge in [-0.1, -0.05) is 12.1 Å². The molecule has 0 atom stereocenters. The molecular weight excluding hydrogens is 216 g/mol. The lowest BCUT2D eigenvalue weighted by Gasteiger charge is -2.34. The molecule has 0 bridgehead atoms. The van der Waals surface area contributed by atoms with Gasteiger partial charge in [-0.05, 0) is 31.4 Å². The lowest BCUT2D eigenvalue weighted by molar-refractivity contribution is -0.135. The van der Waals surface area contributed by atoms with E-state index in [2.05, 4.69) is 0 Å². The van der Waals surface area contributed by atoms with Crippen molar-refractivity contribution in [1.82, 2.24) is 4.90 Å². The zero-order valence-corrected chi connectivity index (χ0v) is 10.1. The number of nitrogen functional groups attached to an aromatic ring is 1. The molecular formula is C13H18N2O2. The molecule has 4 nitrogen and oxygen atoms in total. The van der Waals surface area contributed by atoms with Crippen molar-refractivity contribution in [2.24, 2.45) is 0 Å². The van der Waals surface area contributed by atoms with Crippen molar-refractivity contribution in [2.45, 2.75) is 25.3 Å². The minimum absolute atomic E-state index is 0.0120. The molecule has 0 heterocycles. The van der Waals surface area contributed by atoms with E-state index in [4.69, 9.17) is 10.5 Å². The van der Waals surface area contributed by atoms with Gasteiger partial charge in [-0.25, -0.2) is 0 Å². The Morgan fingerprint density at radius 1 is 1.47 bits per heavy atom. The molecule has 0 radical (unpaired) electrons. The van der Waals surface area contributed by atoms with Crippen molar-refractivity contribution in [3.05, 3.63) is 24.3 Å². The molecule has 1 aromatic carbocycles. The molecule has 2 N–H and O–H groups in total. The number of benzene rings is 1. The van der Waals surface area contributed by atoms with E-state index in [0.29, 0.717) is 17.5 Å². The minimum Gasteiger partial charge on any atom is -0.482 e. The number of ether oxygens (including phenoxy) is 1. The van der Waals surface area contributed by atoms with E-state index in [1.54, 1.807) is 17.0 Å². The molecule has 4 heteroatoms. The highest BCUT2D eigenvalue weighted by Crippen LogP contribution is 2.24. The third kappa shape index (κ3) is 2.70. The number of nitrogens with zero attached hydrogens (tertiary/aromatic N) is 1. The lowest BCUT2D eigenvalue weighted by atomic mass is 9.92. The summed E-state index contributed by atoms with van der Waals surface area (Å²) in [5.41, 5.74) is 6.29. The SMILES string of the molecule is CN(C(=O)COc1ccccc1N)C1CCC1. The van der Waals surface area contributed by atoms with Gasteiger partial charge in [-0.3, -0.25) is 4.79 Å². The van der Waals surface area contributed by atoms with Crippen LogP contribution in [0.2, 0.25) is 0 Å². The molecule has 1 saturated carbocycles. The number of rotatable bonds is 4. The molecule has 1 fully saturated rings. The molecule has 0 unspecified atom stereocenters. The van der Waals surface area contributed by atoms with Crippen LogP contribution in [-0.2, 0) is 4.79 Å². The first-order valence-electron chi connectivity index (χ1n) is 5.91. The summed E-state index contributed by atoms with van der Waals surface area (Å²) in [6.07, 6.45) is 3.43. The van der Waals surface area contributed by atoms with Gasteiger partial charge in [0.15, 0.2) is 6.61 Å². The van der Waals surface area contributed by atoms with Gasteiger partial charge >= 0.3 is 0 Å². The summed E-state index contributed by atoms with van der Waals surface area (Å²) in [4.78, 5) is 13.6. The number of anilines is 1. The van der Waals surface area contributed by atoms with Crippen LogP contribution in [0.25, 0.3) is 0 Å². The van der Waals surface area contributed by atoms with Gasteiger partial charge in [-0.2, -0.15) is 0 Å². The van der Waals surface area contributed by atoms with E-state index in [0.717, 1.165) is 12.8 Å². The van der Waals surface area contributed by atoms with Crippen LogP contribution in [0.4, 0.5) is 5.69 Å². The molecule has 1 aliphatic carbocycles. The minimum atomic E-state index is 0.0120.